The number of nitrogens with one attached hydrogen (secondary N) is 3. The van der Waals surface area contributed by atoms with Crippen LogP contribution in [-0.4, -0.2) is 31.9 Å². The van der Waals surface area contributed by atoms with Crippen LogP contribution in [0.25, 0.3) is 6.08 Å². The van der Waals surface area contributed by atoms with Crippen molar-refractivity contribution in [1.82, 2.24) is 5.32 Å². The highest BCUT2D eigenvalue weighted by molar-refractivity contribution is 9.10. The molecular formula is C38H31BrClN3O5S. The Bertz CT molecular complexity index is 1980. The number of amides is 3. The summed E-state index contributed by atoms with van der Waals surface area (Å²) in [5, 5.41) is 8.23. The molecule has 0 heterocycles. The van der Waals surface area contributed by atoms with Crippen molar-refractivity contribution in [2.24, 2.45) is 0 Å². The topological polar surface area (TPSA) is 106 Å². The van der Waals surface area contributed by atoms with E-state index in [4.69, 9.17) is 21.1 Å². The van der Waals surface area contributed by atoms with Gasteiger partial charge >= 0.3 is 0 Å². The summed E-state index contributed by atoms with van der Waals surface area (Å²) in [5.41, 5.74) is 2.82. The first-order chi connectivity index (χ1) is 23.7. The van der Waals surface area contributed by atoms with E-state index in [-0.39, 0.29) is 11.6 Å². The van der Waals surface area contributed by atoms with E-state index >= 15 is 0 Å². The molecule has 3 amide bonds. The maximum Gasteiger partial charge on any atom is 0.272 e. The molecule has 3 N–H and O–H groups in total. The fraction of sp³-hybridized carbons (Fsp3) is 0.0789. The molecule has 5 aromatic rings. The van der Waals surface area contributed by atoms with Crippen molar-refractivity contribution in [1.29, 1.82) is 0 Å². The number of halogens is 2. The Morgan fingerprint density at radius 1 is 0.776 bits per heavy atom. The molecule has 0 aliphatic rings. The first-order valence-electron chi connectivity index (χ1n) is 14.9. The first-order valence-corrected chi connectivity index (χ1v) is 17.0. The second kappa shape index (κ2) is 16.9. The van der Waals surface area contributed by atoms with Crippen molar-refractivity contribution in [3.63, 3.8) is 0 Å². The largest absolute Gasteiger partial charge is 0.495 e. The molecule has 1 atom stereocenters. The molecule has 248 valence electrons. The van der Waals surface area contributed by atoms with Gasteiger partial charge in [0.15, 0.2) is 0 Å². The molecule has 8 nitrogen and oxygen atoms in total. The van der Waals surface area contributed by atoms with Crippen LogP contribution in [0.15, 0.2) is 136 Å². The Hall–Kier alpha value is -5.03. The van der Waals surface area contributed by atoms with E-state index in [0.717, 1.165) is 15.6 Å². The average Bonchev–Trinajstić information content (AvgIpc) is 3.12. The lowest BCUT2D eigenvalue weighted by atomic mass is 10.1. The summed E-state index contributed by atoms with van der Waals surface area (Å²) in [6.45, 7) is 0. The molecule has 0 spiro atoms. The van der Waals surface area contributed by atoms with Gasteiger partial charge in [-0.1, -0.05) is 94.3 Å². The van der Waals surface area contributed by atoms with E-state index in [9.17, 15) is 14.4 Å². The highest BCUT2D eigenvalue weighted by atomic mass is 79.9. The SMILES string of the molecule is COc1cc(OC)c(NC(=O)C(Sc2cccc(NC(=O)/C(=C\c3ccc(Br)cc3)NC(=O)c3ccccc3)c2)c2ccccc2)cc1Cl. The molecule has 0 fully saturated rings. The summed E-state index contributed by atoms with van der Waals surface area (Å²) >= 11 is 11.1. The van der Waals surface area contributed by atoms with E-state index in [2.05, 4.69) is 31.9 Å². The van der Waals surface area contributed by atoms with Gasteiger partial charge in [0.2, 0.25) is 5.91 Å². The predicted molar refractivity (Wildman–Crippen MR) is 199 cm³/mol. The number of rotatable bonds is 12. The molecule has 0 bridgehead atoms. The number of carbonyl (C=O) groups excluding carboxylic acids is 3. The Morgan fingerprint density at radius 2 is 1.45 bits per heavy atom. The number of anilines is 2. The smallest absolute Gasteiger partial charge is 0.272 e. The van der Waals surface area contributed by atoms with E-state index in [1.165, 1.54) is 26.0 Å². The maximum absolute atomic E-state index is 13.8. The molecule has 0 saturated heterocycles. The summed E-state index contributed by atoms with van der Waals surface area (Å²) in [4.78, 5) is 41.2. The maximum atomic E-state index is 13.8. The Kier molecular flexibility index (Phi) is 12.2. The van der Waals surface area contributed by atoms with Crippen molar-refractivity contribution < 1.29 is 23.9 Å². The highest BCUT2D eigenvalue weighted by Gasteiger charge is 2.24. The number of hydrogen-bond acceptors (Lipinski definition) is 6. The highest BCUT2D eigenvalue weighted by Crippen LogP contribution is 2.40. The van der Waals surface area contributed by atoms with Gasteiger partial charge in [0.25, 0.3) is 11.8 Å². The molecule has 5 rings (SSSR count). The van der Waals surface area contributed by atoms with E-state index in [0.29, 0.717) is 38.4 Å². The van der Waals surface area contributed by atoms with E-state index < -0.39 is 17.1 Å². The molecule has 49 heavy (non-hydrogen) atoms. The summed E-state index contributed by atoms with van der Waals surface area (Å²) < 4.78 is 11.6. The molecule has 0 aromatic heterocycles. The number of hydrogen-bond donors (Lipinski definition) is 3. The van der Waals surface area contributed by atoms with E-state index in [1.54, 1.807) is 60.7 Å². The van der Waals surface area contributed by atoms with Gasteiger partial charge < -0.3 is 25.4 Å². The van der Waals surface area contributed by atoms with Gasteiger partial charge in [-0.15, -0.1) is 11.8 Å². The van der Waals surface area contributed by atoms with Crippen molar-refractivity contribution in [3.05, 3.63) is 153 Å². The summed E-state index contributed by atoms with van der Waals surface area (Å²) in [6, 6.07) is 35.7. The van der Waals surface area contributed by atoms with Gasteiger partial charge in [-0.25, -0.2) is 0 Å². The monoisotopic (exact) mass is 755 g/mol. The zero-order valence-electron chi connectivity index (χ0n) is 26.4. The third kappa shape index (κ3) is 9.54. The Labute approximate surface area is 302 Å². The number of methoxy groups -OCH3 is 2. The molecule has 1 unspecified atom stereocenters. The number of benzene rings is 5. The average molecular weight is 757 g/mol. The van der Waals surface area contributed by atoms with Gasteiger partial charge in [-0.3, -0.25) is 14.4 Å². The summed E-state index contributed by atoms with van der Waals surface area (Å²) in [6.07, 6.45) is 1.61. The zero-order chi connectivity index (χ0) is 34.8. The minimum Gasteiger partial charge on any atom is -0.495 e. The number of thioether (sulfide) groups is 1. The molecule has 0 aliphatic carbocycles. The minimum atomic E-state index is -0.684. The van der Waals surface area contributed by atoms with Crippen LogP contribution >= 0.6 is 39.3 Å². The second-order valence-electron chi connectivity index (χ2n) is 10.5. The normalized spacial score (nSPS) is 11.6. The molecule has 0 saturated carbocycles. The van der Waals surface area contributed by atoms with Crippen molar-refractivity contribution in [2.75, 3.05) is 24.9 Å². The van der Waals surface area contributed by atoms with Crippen LogP contribution in [0.4, 0.5) is 11.4 Å². The fourth-order valence-corrected chi connectivity index (χ4v) is 6.30. The lowest BCUT2D eigenvalue weighted by molar-refractivity contribution is -0.116. The predicted octanol–water partition coefficient (Wildman–Crippen LogP) is 9.00. The van der Waals surface area contributed by atoms with Gasteiger partial charge in [0, 0.05) is 26.7 Å². The molecule has 5 aromatic carbocycles. The third-order valence-electron chi connectivity index (χ3n) is 7.13. The quantitative estimate of drug-likeness (QED) is 0.0867. The van der Waals surface area contributed by atoms with Crippen molar-refractivity contribution >= 4 is 74.5 Å². The van der Waals surface area contributed by atoms with Crippen molar-refractivity contribution in [3.8, 4) is 11.5 Å². The summed E-state index contributed by atoms with van der Waals surface area (Å²) in [7, 11) is 2.99. The second-order valence-corrected chi connectivity index (χ2v) is 13.0. The molecule has 0 aliphatic heterocycles. The lowest BCUT2D eigenvalue weighted by Gasteiger charge is -2.19. The minimum absolute atomic E-state index is 0.0582. The standard InChI is InChI=1S/C38H31BrClN3O5S/c1-47-33-23-34(48-2)31(22-30(33)40)42-38(46)35(25-10-5-3-6-11-25)49-29-15-9-14-28(21-29)41-37(45)32(20-24-16-18-27(39)19-17-24)43-36(44)26-12-7-4-8-13-26/h3-23,35H,1-2H3,(H,41,45)(H,42,46)(H,43,44)/b32-20+. The molecular weight excluding hydrogens is 726 g/mol. The number of carbonyl (C=O) groups is 3. The lowest BCUT2D eigenvalue weighted by Crippen LogP contribution is -2.30. The molecule has 11 heteroatoms. The van der Waals surface area contributed by atoms with Crippen LogP contribution in [0.2, 0.25) is 5.02 Å². The fourth-order valence-electron chi connectivity index (χ4n) is 4.71. The van der Waals surface area contributed by atoms with Crippen LogP contribution < -0.4 is 25.4 Å². The van der Waals surface area contributed by atoms with Crippen molar-refractivity contribution in [2.45, 2.75) is 10.1 Å². The van der Waals surface area contributed by atoms with Gasteiger partial charge in [0.05, 0.1) is 24.9 Å². The van der Waals surface area contributed by atoms with Gasteiger partial charge in [-0.05, 0) is 65.7 Å². The van der Waals surface area contributed by atoms with Gasteiger partial charge in [0.1, 0.15) is 22.4 Å². The Balaban J connectivity index is 1.39. The molecule has 0 radical (unpaired) electrons. The van der Waals surface area contributed by atoms with E-state index in [1.807, 2.05) is 66.7 Å². The van der Waals surface area contributed by atoms with Crippen LogP contribution in [0.5, 0.6) is 11.5 Å². The summed E-state index contributed by atoms with van der Waals surface area (Å²) in [5.74, 6) is -0.445. The van der Waals surface area contributed by atoms with Gasteiger partial charge in [-0.2, -0.15) is 0 Å². The van der Waals surface area contributed by atoms with Crippen LogP contribution in [0.3, 0.4) is 0 Å². The zero-order valence-corrected chi connectivity index (χ0v) is 29.6. The van der Waals surface area contributed by atoms with Crippen LogP contribution in [0, 0.1) is 0 Å². The Morgan fingerprint density at radius 3 is 2.12 bits per heavy atom. The van der Waals surface area contributed by atoms with Crippen LogP contribution in [-0.2, 0) is 9.59 Å². The first kappa shape index (κ1) is 35.3. The third-order valence-corrected chi connectivity index (χ3v) is 9.20. The van der Waals surface area contributed by atoms with Crippen LogP contribution in [0.1, 0.15) is 26.7 Å². The number of ether oxygens (including phenoxy) is 2.